The molecular weight excluding hydrogens is 274 g/mol. The number of rotatable bonds is 5. The predicted octanol–water partition coefficient (Wildman–Crippen LogP) is 3.19. The second-order valence-electron chi connectivity index (χ2n) is 6.76. The standard InChI is InChI=1S/C18H23N3O/c1-18(2)14-9-8-13(16(18)10-14)11-20-21-17(22)12-19-15-6-4-3-5-7-15/h3-8,11,14,16,19H,9-10,12H2,1-2H3,(H,21,22)/b20-11-/t14-,16-/m1/s1. The zero-order chi connectivity index (χ0) is 15.6. The summed E-state index contributed by atoms with van der Waals surface area (Å²) < 4.78 is 0. The van der Waals surface area contributed by atoms with Gasteiger partial charge in [-0.3, -0.25) is 4.79 Å². The predicted molar refractivity (Wildman–Crippen MR) is 89.6 cm³/mol. The Morgan fingerprint density at radius 1 is 1.36 bits per heavy atom. The van der Waals surface area contributed by atoms with Crippen LogP contribution in [0.25, 0.3) is 0 Å². The van der Waals surface area contributed by atoms with Crippen LogP contribution in [0, 0.1) is 17.3 Å². The lowest BCUT2D eigenvalue weighted by Crippen LogP contribution is -2.48. The Kier molecular flexibility index (Phi) is 4.01. The molecule has 0 radical (unpaired) electrons. The van der Waals surface area contributed by atoms with Crippen LogP contribution in [-0.4, -0.2) is 18.7 Å². The highest BCUT2D eigenvalue weighted by Crippen LogP contribution is 2.58. The molecule has 0 aromatic heterocycles. The number of allylic oxidation sites excluding steroid dienone is 2. The van der Waals surface area contributed by atoms with Gasteiger partial charge in [-0.15, -0.1) is 0 Å². The average molecular weight is 297 g/mol. The monoisotopic (exact) mass is 297 g/mol. The van der Waals surface area contributed by atoms with Crippen LogP contribution in [0.1, 0.15) is 26.7 Å². The van der Waals surface area contributed by atoms with Gasteiger partial charge in [0.1, 0.15) is 0 Å². The summed E-state index contributed by atoms with van der Waals surface area (Å²) >= 11 is 0. The topological polar surface area (TPSA) is 53.5 Å². The van der Waals surface area contributed by atoms with E-state index in [0.29, 0.717) is 11.3 Å². The number of carbonyl (C=O) groups is 1. The van der Waals surface area contributed by atoms with Crippen LogP contribution < -0.4 is 10.7 Å². The van der Waals surface area contributed by atoms with E-state index in [4.69, 9.17) is 0 Å². The number of amides is 1. The van der Waals surface area contributed by atoms with Crippen molar-refractivity contribution in [2.24, 2.45) is 22.4 Å². The number of hydrogen-bond donors (Lipinski definition) is 2. The van der Waals surface area contributed by atoms with Gasteiger partial charge in [0.15, 0.2) is 0 Å². The number of para-hydroxylation sites is 1. The number of anilines is 1. The van der Waals surface area contributed by atoms with E-state index in [1.54, 1.807) is 0 Å². The first-order chi connectivity index (χ1) is 10.6. The maximum atomic E-state index is 11.8. The number of hydrazone groups is 1. The highest BCUT2D eigenvalue weighted by molar-refractivity contribution is 5.84. The van der Waals surface area contributed by atoms with Gasteiger partial charge in [-0.2, -0.15) is 5.10 Å². The SMILES string of the molecule is CC1(C)[C@@H]2CC=C(/C=N\NC(=O)CNc3ccccc3)[C@H]1C2. The van der Waals surface area contributed by atoms with E-state index < -0.39 is 0 Å². The number of carbonyl (C=O) groups excluding carboxylic acids is 1. The highest BCUT2D eigenvalue weighted by Gasteiger charge is 2.50. The highest BCUT2D eigenvalue weighted by atomic mass is 16.2. The molecule has 0 saturated heterocycles. The minimum Gasteiger partial charge on any atom is -0.376 e. The Balaban J connectivity index is 1.46. The molecule has 1 aromatic carbocycles. The van der Waals surface area contributed by atoms with Crippen LogP contribution in [0.3, 0.4) is 0 Å². The van der Waals surface area contributed by atoms with E-state index >= 15 is 0 Å². The molecule has 116 valence electrons. The lowest BCUT2D eigenvalue weighted by molar-refractivity contribution is -0.119. The summed E-state index contributed by atoms with van der Waals surface area (Å²) in [6, 6.07) is 9.67. The van der Waals surface area contributed by atoms with Crippen molar-refractivity contribution in [3.05, 3.63) is 42.0 Å². The molecule has 22 heavy (non-hydrogen) atoms. The Morgan fingerprint density at radius 3 is 2.82 bits per heavy atom. The van der Waals surface area contributed by atoms with E-state index in [0.717, 1.165) is 18.0 Å². The Morgan fingerprint density at radius 2 is 2.14 bits per heavy atom. The minimum atomic E-state index is -0.137. The maximum absolute atomic E-state index is 11.8. The van der Waals surface area contributed by atoms with Crippen molar-refractivity contribution in [1.82, 2.24) is 5.43 Å². The van der Waals surface area contributed by atoms with Crippen LogP contribution in [0.2, 0.25) is 0 Å². The summed E-state index contributed by atoms with van der Waals surface area (Å²) in [5, 5.41) is 7.18. The van der Waals surface area contributed by atoms with Crippen molar-refractivity contribution in [2.45, 2.75) is 26.7 Å². The number of nitrogens with zero attached hydrogens (tertiary/aromatic N) is 1. The van der Waals surface area contributed by atoms with E-state index in [2.05, 4.69) is 35.8 Å². The van der Waals surface area contributed by atoms with Crippen LogP contribution in [0.15, 0.2) is 47.1 Å². The van der Waals surface area contributed by atoms with Gasteiger partial charge in [-0.25, -0.2) is 5.43 Å². The van der Waals surface area contributed by atoms with Crippen LogP contribution >= 0.6 is 0 Å². The summed E-state index contributed by atoms with van der Waals surface area (Å²) in [7, 11) is 0. The van der Waals surface area contributed by atoms with Gasteiger partial charge in [0.25, 0.3) is 5.91 Å². The fraction of sp³-hybridized carbons (Fsp3) is 0.444. The van der Waals surface area contributed by atoms with Crippen LogP contribution in [0.5, 0.6) is 0 Å². The van der Waals surface area contributed by atoms with Gasteiger partial charge in [0, 0.05) is 5.69 Å². The summed E-state index contributed by atoms with van der Waals surface area (Å²) in [6.07, 6.45) is 6.48. The number of nitrogens with one attached hydrogen (secondary N) is 2. The molecule has 1 aromatic rings. The van der Waals surface area contributed by atoms with Crippen molar-refractivity contribution >= 4 is 17.8 Å². The molecule has 2 atom stereocenters. The van der Waals surface area contributed by atoms with Gasteiger partial charge in [-0.1, -0.05) is 38.1 Å². The first-order valence-corrected chi connectivity index (χ1v) is 7.88. The molecule has 4 nitrogen and oxygen atoms in total. The van der Waals surface area contributed by atoms with E-state index in [9.17, 15) is 4.79 Å². The molecule has 0 spiro atoms. The molecule has 4 rings (SSSR count). The fourth-order valence-corrected chi connectivity index (χ4v) is 3.50. The lowest BCUT2D eigenvalue weighted by atomic mass is 9.49. The van der Waals surface area contributed by atoms with Gasteiger partial charge in [-0.05, 0) is 47.8 Å². The van der Waals surface area contributed by atoms with Crippen molar-refractivity contribution in [1.29, 1.82) is 0 Å². The fourth-order valence-electron chi connectivity index (χ4n) is 3.50. The summed E-state index contributed by atoms with van der Waals surface area (Å²) in [6.45, 7) is 4.88. The molecule has 0 unspecified atom stereocenters. The molecule has 3 aliphatic carbocycles. The summed E-state index contributed by atoms with van der Waals surface area (Å²) in [4.78, 5) is 11.8. The Hall–Kier alpha value is -2.10. The Bertz CT molecular complexity index is 604. The first-order valence-electron chi connectivity index (χ1n) is 7.88. The molecule has 1 saturated carbocycles. The third-order valence-corrected chi connectivity index (χ3v) is 5.14. The maximum Gasteiger partial charge on any atom is 0.259 e. The molecule has 3 aliphatic rings. The second kappa shape index (κ2) is 5.95. The average Bonchev–Trinajstić information content (AvgIpc) is 2.54. The Labute approximate surface area is 131 Å². The normalized spacial score (nSPS) is 25.3. The van der Waals surface area contributed by atoms with Crippen molar-refractivity contribution < 1.29 is 4.79 Å². The number of hydrogen-bond acceptors (Lipinski definition) is 3. The molecule has 2 N–H and O–H groups in total. The third kappa shape index (κ3) is 2.91. The zero-order valence-corrected chi connectivity index (χ0v) is 13.2. The van der Waals surface area contributed by atoms with Gasteiger partial charge >= 0.3 is 0 Å². The molecule has 0 heterocycles. The van der Waals surface area contributed by atoms with Gasteiger partial charge in [0.2, 0.25) is 0 Å². The van der Waals surface area contributed by atoms with Crippen LogP contribution in [0.4, 0.5) is 5.69 Å². The van der Waals surface area contributed by atoms with E-state index in [1.807, 2.05) is 36.5 Å². The first kappa shape index (κ1) is 14.8. The quantitative estimate of drug-likeness (QED) is 0.648. The van der Waals surface area contributed by atoms with E-state index in [-0.39, 0.29) is 12.5 Å². The lowest BCUT2D eigenvalue weighted by Gasteiger charge is -2.55. The van der Waals surface area contributed by atoms with E-state index in [1.165, 1.54) is 12.0 Å². The largest absolute Gasteiger partial charge is 0.376 e. The third-order valence-electron chi connectivity index (χ3n) is 5.14. The molecule has 0 aliphatic heterocycles. The van der Waals surface area contributed by atoms with Crippen LogP contribution in [-0.2, 0) is 4.79 Å². The molecule has 1 amide bonds. The summed E-state index contributed by atoms with van der Waals surface area (Å²) in [5.41, 5.74) is 5.17. The zero-order valence-electron chi connectivity index (χ0n) is 13.2. The smallest absolute Gasteiger partial charge is 0.259 e. The number of fused-ring (bicyclic) bond motifs is 1. The molecule has 1 fully saturated rings. The molecular formula is C18H23N3O. The summed E-state index contributed by atoms with van der Waals surface area (Å²) in [5.74, 6) is 1.27. The van der Waals surface area contributed by atoms with Crippen molar-refractivity contribution in [2.75, 3.05) is 11.9 Å². The molecule has 4 heteroatoms. The minimum absolute atomic E-state index is 0.137. The van der Waals surface area contributed by atoms with Crippen molar-refractivity contribution in [3.63, 3.8) is 0 Å². The van der Waals surface area contributed by atoms with Crippen molar-refractivity contribution in [3.8, 4) is 0 Å². The molecule has 2 bridgehead atoms. The van der Waals surface area contributed by atoms with Gasteiger partial charge < -0.3 is 5.32 Å². The second-order valence-corrected chi connectivity index (χ2v) is 6.76. The number of benzene rings is 1. The van der Waals surface area contributed by atoms with Gasteiger partial charge in [0.05, 0.1) is 12.8 Å².